The van der Waals surface area contributed by atoms with Gasteiger partial charge in [-0.15, -0.1) is 0 Å². The van der Waals surface area contributed by atoms with E-state index in [0.717, 1.165) is 0 Å². The van der Waals surface area contributed by atoms with E-state index in [1.165, 1.54) is 30.4 Å². The van der Waals surface area contributed by atoms with E-state index in [2.05, 4.69) is 55.5 Å². The molecule has 0 saturated carbocycles. The summed E-state index contributed by atoms with van der Waals surface area (Å²) in [5.74, 6) is 0.611. The maximum absolute atomic E-state index is 2.34. The summed E-state index contributed by atoms with van der Waals surface area (Å²) in [6.45, 7) is 2.18. The van der Waals surface area contributed by atoms with Crippen LogP contribution in [0.4, 0.5) is 0 Å². The lowest BCUT2D eigenvalue weighted by molar-refractivity contribution is 0.615. The molecule has 0 amide bonds. The largest absolute Gasteiger partial charge is 0.0620 e. The molecule has 0 aliphatic heterocycles. The highest BCUT2D eigenvalue weighted by Crippen LogP contribution is 2.36. The normalized spacial score (nSPS) is 18.8. The first kappa shape index (κ1) is 10.6. The molecule has 0 nitrogen and oxygen atoms in total. The van der Waals surface area contributed by atoms with E-state index in [9.17, 15) is 0 Å². The fourth-order valence-corrected chi connectivity index (χ4v) is 2.99. The molecule has 0 heteroatoms. The van der Waals surface area contributed by atoms with Gasteiger partial charge in [0.05, 0.1) is 0 Å². The summed E-state index contributed by atoms with van der Waals surface area (Å²) in [5, 5.41) is 0. The first-order chi connectivity index (χ1) is 8.34. The van der Waals surface area contributed by atoms with Gasteiger partial charge in [0, 0.05) is 5.92 Å². The molecule has 3 rings (SSSR count). The van der Waals surface area contributed by atoms with Crippen LogP contribution in [0.25, 0.3) is 0 Å². The molecule has 0 spiro atoms. The number of hydrogen-bond donors (Lipinski definition) is 0. The van der Waals surface area contributed by atoms with Gasteiger partial charge in [0.1, 0.15) is 0 Å². The Balaban J connectivity index is 2.06. The third-order valence-electron chi connectivity index (χ3n) is 3.81. The van der Waals surface area contributed by atoms with Crippen molar-refractivity contribution in [1.82, 2.24) is 0 Å². The van der Waals surface area contributed by atoms with Crippen LogP contribution in [-0.2, 0) is 6.42 Å². The molecule has 0 aromatic heterocycles. The van der Waals surface area contributed by atoms with Crippen LogP contribution in [0, 0.1) is 6.92 Å². The number of benzene rings is 2. The van der Waals surface area contributed by atoms with Gasteiger partial charge < -0.3 is 0 Å². The van der Waals surface area contributed by atoms with E-state index in [0.29, 0.717) is 5.92 Å². The van der Waals surface area contributed by atoms with Crippen molar-refractivity contribution in [2.24, 2.45) is 0 Å². The average Bonchev–Trinajstić information content (AvgIpc) is 2.38. The molecule has 0 N–H and O–H groups in total. The minimum atomic E-state index is 0.611. The average molecular weight is 222 g/mol. The van der Waals surface area contributed by atoms with E-state index in [1.54, 1.807) is 11.1 Å². The molecule has 0 bridgehead atoms. The van der Waals surface area contributed by atoms with Crippen molar-refractivity contribution in [3.63, 3.8) is 0 Å². The van der Waals surface area contributed by atoms with E-state index < -0.39 is 0 Å². The Kier molecular flexibility index (Phi) is 2.72. The van der Waals surface area contributed by atoms with Crippen LogP contribution in [0.5, 0.6) is 0 Å². The molecule has 1 unspecified atom stereocenters. The number of rotatable bonds is 1. The predicted molar refractivity (Wildman–Crippen MR) is 72.4 cm³/mol. The van der Waals surface area contributed by atoms with Crippen LogP contribution >= 0.6 is 0 Å². The fourth-order valence-electron chi connectivity index (χ4n) is 2.99. The van der Waals surface area contributed by atoms with Gasteiger partial charge in [-0.1, -0.05) is 54.1 Å². The molecule has 86 valence electrons. The topological polar surface area (TPSA) is 0 Å². The zero-order valence-corrected chi connectivity index (χ0v) is 10.3. The second kappa shape index (κ2) is 4.37. The fraction of sp³-hybridized carbons (Fsp3) is 0.294. The second-order valence-corrected chi connectivity index (χ2v) is 5.06. The minimum absolute atomic E-state index is 0.611. The summed E-state index contributed by atoms with van der Waals surface area (Å²) in [5.41, 5.74) is 5.94. The van der Waals surface area contributed by atoms with Crippen LogP contribution in [0.2, 0.25) is 0 Å². The molecule has 2 aromatic carbocycles. The van der Waals surface area contributed by atoms with Gasteiger partial charge in [-0.25, -0.2) is 0 Å². The summed E-state index contributed by atoms with van der Waals surface area (Å²) < 4.78 is 0. The standard InChI is InChI=1S/C17H18/c1-13-6-4-9-15(12-13)17-11-5-8-14-7-2-3-10-16(14)17/h2-4,6-7,9-10,12,17H,5,8,11H2,1H3. The quantitative estimate of drug-likeness (QED) is 0.668. The summed E-state index contributed by atoms with van der Waals surface area (Å²) in [4.78, 5) is 0. The number of fused-ring (bicyclic) bond motifs is 1. The minimum Gasteiger partial charge on any atom is -0.0620 e. The summed E-state index contributed by atoms with van der Waals surface area (Å²) in [6, 6.07) is 17.9. The molecule has 0 saturated heterocycles. The highest BCUT2D eigenvalue weighted by Gasteiger charge is 2.20. The maximum Gasteiger partial charge on any atom is 0.00922 e. The Morgan fingerprint density at radius 3 is 2.76 bits per heavy atom. The number of hydrogen-bond acceptors (Lipinski definition) is 0. The molecule has 1 atom stereocenters. The Morgan fingerprint density at radius 2 is 1.88 bits per heavy atom. The Bertz CT molecular complexity index is 525. The SMILES string of the molecule is Cc1cccc(C2CCCc3ccccc32)c1. The Morgan fingerprint density at radius 1 is 1.00 bits per heavy atom. The summed E-state index contributed by atoms with van der Waals surface area (Å²) >= 11 is 0. The van der Waals surface area contributed by atoms with Gasteiger partial charge >= 0.3 is 0 Å². The van der Waals surface area contributed by atoms with Crippen molar-refractivity contribution in [3.05, 3.63) is 70.8 Å². The molecular weight excluding hydrogens is 204 g/mol. The van der Waals surface area contributed by atoms with Crippen LogP contribution in [0.3, 0.4) is 0 Å². The van der Waals surface area contributed by atoms with Crippen molar-refractivity contribution in [3.8, 4) is 0 Å². The highest BCUT2D eigenvalue weighted by molar-refractivity contribution is 5.40. The lowest BCUT2D eigenvalue weighted by Crippen LogP contribution is -2.10. The third kappa shape index (κ3) is 2.00. The van der Waals surface area contributed by atoms with Crippen LogP contribution in [0.1, 0.15) is 41.0 Å². The second-order valence-electron chi connectivity index (χ2n) is 5.06. The monoisotopic (exact) mass is 222 g/mol. The third-order valence-corrected chi connectivity index (χ3v) is 3.81. The first-order valence-corrected chi connectivity index (χ1v) is 6.49. The molecule has 0 heterocycles. The first-order valence-electron chi connectivity index (χ1n) is 6.49. The molecule has 1 aliphatic rings. The van der Waals surface area contributed by atoms with Crippen molar-refractivity contribution < 1.29 is 0 Å². The smallest absolute Gasteiger partial charge is 0.00922 e. The van der Waals surface area contributed by atoms with Gasteiger partial charge in [0.15, 0.2) is 0 Å². The van der Waals surface area contributed by atoms with Crippen molar-refractivity contribution in [2.75, 3.05) is 0 Å². The van der Waals surface area contributed by atoms with Crippen molar-refractivity contribution in [1.29, 1.82) is 0 Å². The summed E-state index contributed by atoms with van der Waals surface area (Å²) in [6.07, 6.45) is 3.86. The van der Waals surface area contributed by atoms with Crippen molar-refractivity contribution in [2.45, 2.75) is 32.1 Å². The molecule has 0 radical (unpaired) electrons. The van der Waals surface area contributed by atoms with Gasteiger partial charge in [0.25, 0.3) is 0 Å². The molecule has 17 heavy (non-hydrogen) atoms. The lowest BCUT2D eigenvalue weighted by Gasteiger charge is -2.26. The molecule has 0 fully saturated rings. The van der Waals surface area contributed by atoms with Crippen LogP contribution in [0.15, 0.2) is 48.5 Å². The lowest BCUT2D eigenvalue weighted by atomic mass is 9.79. The molecule has 2 aromatic rings. The van der Waals surface area contributed by atoms with Crippen molar-refractivity contribution >= 4 is 0 Å². The maximum atomic E-state index is 2.34. The molecular formula is C17H18. The van der Waals surface area contributed by atoms with E-state index in [4.69, 9.17) is 0 Å². The summed E-state index contributed by atoms with van der Waals surface area (Å²) in [7, 11) is 0. The van der Waals surface area contributed by atoms with Gasteiger partial charge in [0.2, 0.25) is 0 Å². The van der Waals surface area contributed by atoms with E-state index >= 15 is 0 Å². The molecule has 1 aliphatic carbocycles. The Hall–Kier alpha value is -1.56. The predicted octanol–water partition coefficient (Wildman–Crippen LogP) is 4.46. The van der Waals surface area contributed by atoms with Gasteiger partial charge in [-0.3, -0.25) is 0 Å². The zero-order chi connectivity index (χ0) is 11.7. The zero-order valence-electron chi connectivity index (χ0n) is 10.3. The number of aryl methyl sites for hydroxylation is 2. The highest BCUT2D eigenvalue weighted by atomic mass is 14.2. The van der Waals surface area contributed by atoms with Gasteiger partial charge in [-0.2, -0.15) is 0 Å². The van der Waals surface area contributed by atoms with Gasteiger partial charge in [-0.05, 0) is 42.9 Å². The van der Waals surface area contributed by atoms with E-state index in [-0.39, 0.29) is 0 Å². The van der Waals surface area contributed by atoms with E-state index in [1.807, 2.05) is 0 Å². The van der Waals surface area contributed by atoms with Crippen LogP contribution in [-0.4, -0.2) is 0 Å². The van der Waals surface area contributed by atoms with Crippen LogP contribution < -0.4 is 0 Å². The Labute approximate surface area is 103 Å².